The van der Waals surface area contributed by atoms with Crippen LogP contribution in [0.25, 0.3) is 0 Å². The summed E-state index contributed by atoms with van der Waals surface area (Å²) in [6.45, 7) is 6.46. The lowest BCUT2D eigenvalue weighted by molar-refractivity contribution is 0.278. The third-order valence-electron chi connectivity index (χ3n) is 5.39. The molecular weight excluding hydrogens is 390 g/mol. The first-order valence-electron chi connectivity index (χ1n) is 10.4. The summed E-state index contributed by atoms with van der Waals surface area (Å²) in [5, 5.41) is 4.10. The van der Waals surface area contributed by atoms with Crippen molar-refractivity contribution in [2.45, 2.75) is 57.3 Å². The van der Waals surface area contributed by atoms with E-state index in [0.717, 1.165) is 74.8 Å². The molecule has 7 nitrogen and oxygen atoms in total. The van der Waals surface area contributed by atoms with Crippen molar-refractivity contribution < 1.29 is 17.7 Å². The molecule has 1 fully saturated rings. The second-order valence-corrected chi connectivity index (χ2v) is 9.84. The predicted octanol–water partition coefficient (Wildman–Crippen LogP) is 3.81. The molecule has 0 spiro atoms. The van der Waals surface area contributed by atoms with Crippen molar-refractivity contribution in [2.24, 2.45) is 5.92 Å². The number of benzene rings is 1. The van der Waals surface area contributed by atoms with Gasteiger partial charge in [-0.05, 0) is 73.9 Å². The lowest BCUT2D eigenvalue weighted by atomic mass is 9.92. The molecule has 1 saturated heterocycles. The van der Waals surface area contributed by atoms with Gasteiger partial charge in [-0.15, -0.1) is 0 Å². The zero-order valence-corrected chi connectivity index (χ0v) is 18.4. The Kier molecular flexibility index (Phi) is 7.16. The molecule has 2 aromatic rings. The fourth-order valence-corrected chi connectivity index (χ4v) is 4.76. The topological polar surface area (TPSA) is 85.5 Å². The van der Waals surface area contributed by atoms with Crippen LogP contribution in [0.4, 0.5) is 5.95 Å². The molecule has 0 unspecified atom stereocenters. The molecule has 0 saturated carbocycles. The molecule has 0 N–H and O–H groups in total. The van der Waals surface area contributed by atoms with Gasteiger partial charge in [0.1, 0.15) is 5.75 Å². The highest BCUT2D eigenvalue weighted by molar-refractivity contribution is 7.90. The maximum atomic E-state index is 11.7. The quantitative estimate of drug-likeness (QED) is 0.569. The monoisotopic (exact) mass is 421 g/mol. The summed E-state index contributed by atoms with van der Waals surface area (Å²) in [5.74, 6) is 2.86. The van der Waals surface area contributed by atoms with Crippen molar-refractivity contribution in [3.63, 3.8) is 0 Å². The zero-order chi connectivity index (χ0) is 20.9. The highest BCUT2D eigenvalue weighted by Gasteiger charge is 2.22. The van der Waals surface area contributed by atoms with E-state index < -0.39 is 9.84 Å². The van der Waals surface area contributed by atoms with Crippen LogP contribution >= 0.6 is 0 Å². The van der Waals surface area contributed by atoms with E-state index >= 15 is 0 Å². The molecule has 1 aromatic carbocycles. The Morgan fingerprint density at radius 1 is 1.28 bits per heavy atom. The third-order valence-corrected chi connectivity index (χ3v) is 6.65. The summed E-state index contributed by atoms with van der Waals surface area (Å²) in [4.78, 5) is 7.05. The number of sulfone groups is 1. The van der Waals surface area contributed by atoms with Crippen molar-refractivity contribution in [3.8, 4) is 5.75 Å². The Hall–Kier alpha value is -2.09. The second-order valence-electron chi connectivity index (χ2n) is 7.86. The highest BCUT2D eigenvalue weighted by Crippen LogP contribution is 2.25. The van der Waals surface area contributed by atoms with Crippen LogP contribution in [-0.4, -0.2) is 44.5 Å². The van der Waals surface area contributed by atoms with Gasteiger partial charge < -0.3 is 14.2 Å². The van der Waals surface area contributed by atoms with Crippen LogP contribution in [0.15, 0.2) is 27.6 Å². The first-order chi connectivity index (χ1) is 13.9. The van der Waals surface area contributed by atoms with Gasteiger partial charge in [-0.25, -0.2) is 8.42 Å². The molecule has 0 amide bonds. The first-order valence-corrected chi connectivity index (χ1v) is 12.3. The predicted molar refractivity (Wildman–Crippen MR) is 112 cm³/mol. The van der Waals surface area contributed by atoms with Gasteiger partial charge in [0.25, 0.3) is 5.95 Å². The Balaban J connectivity index is 1.38. The minimum absolute atomic E-state index is 0.361. The van der Waals surface area contributed by atoms with Crippen molar-refractivity contribution in [3.05, 3.63) is 29.7 Å². The fourth-order valence-electron chi connectivity index (χ4n) is 3.80. The molecule has 0 aliphatic carbocycles. The Bertz CT molecular complexity index is 902. The second kappa shape index (κ2) is 9.61. The van der Waals surface area contributed by atoms with Gasteiger partial charge in [-0.2, -0.15) is 4.98 Å². The summed E-state index contributed by atoms with van der Waals surface area (Å²) in [5.41, 5.74) is 0.723. The zero-order valence-electron chi connectivity index (χ0n) is 17.6. The van der Waals surface area contributed by atoms with Gasteiger partial charge >= 0.3 is 0 Å². The third kappa shape index (κ3) is 5.95. The number of piperidine rings is 1. The van der Waals surface area contributed by atoms with Gasteiger partial charge in [0.15, 0.2) is 9.84 Å². The molecule has 1 aliphatic rings. The van der Waals surface area contributed by atoms with E-state index in [1.165, 1.54) is 6.26 Å². The number of hydrogen-bond donors (Lipinski definition) is 0. The van der Waals surface area contributed by atoms with Crippen LogP contribution in [0.1, 0.15) is 50.5 Å². The van der Waals surface area contributed by atoms with E-state index in [2.05, 4.69) is 22.0 Å². The van der Waals surface area contributed by atoms with Gasteiger partial charge in [-0.1, -0.05) is 6.92 Å². The summed E-state index contributed by atoms with van der Waals surface area (Å²) in [6.07, 6.45) is 7.43. The van der Waals surface area contributed by atoms with E-state index in [1.54, 1.807) is 25.1 Å². The van der Waals surface area contributed by atoms with Crippen LogP contribution in [0.5, 0.6) is 5.75 Å². The first kappa shape index (κ1) is 21.6. The number of ether oxygens (including phenoxy) is 1. The van der Waals surface area contributed by atoms with Crippen LogP contribution in [-0.2, 0) is 16.3 Å². The van der Waals surface area contributed by atoms with Crippen molar-refractivity contribution in [1.82, 2.24) is 10.1 Å². The number of anilines is 1. The largest absolute Gasteiger partial charge is 0.494 e. The van der Waals surface area contributed by atoms with Gasteiger partial charge in [-0.3, -0.25) is 0 Å². The fraction of sp³-hybridized carbons (Fsp3) is 0.619. The smallest absolute Gasteiger partial charge is 0.266 e. The Labute approximate surface area is 173 Å². The van der Waals surface area contributed by atoms with E-state index in [1.807, 2.05) is 0 Å². The minimum Gasteiger partial charge on any atom is -0.494 e. The lowest BCUT2D eigenvalue weighted by Crippen LogP contribution is -2.34. The summed E-state index contributed by atoms with van der Waals surface area (Å²) < 4.78 is 34.5. The van der Waals surface area contributed by atoms with Crippen molar-refractivity contribution in [2.75, 3.05) is 30.9 Å². The number of aryl methyl sites for hydroxylation is 2. The Morgan fingerprint density at radius 2 is 2.03 bits per heavy atom. The molecule has 3 rings (SSSR count). The van der Waals surface area contributed by atoms with Gasteiger partial charge in [0, 0.05) is 25.8 Å². The normalized spacial score (nSPS) is 15.6. The van der Waals surface area contributed by atoms with Crippen LogP contribution in [0.3, 0.4) is 0 Å². The Morgan fingerprint density at radius 3 is 2.69 bits per heavy atom. The molecular formula is C21H31N3O4S. The SMILES string of the molecule is CCCc1nc(N2CCC(CCCOc3ccc(S(C)(=O)=O)c(C)c3)CC2)no1. The summed E-state index contributed by atoms with van der Waals surface area (Å²) in [6, 6.07) is 5.16. The summed E-state index contributed by atoms with van der Waals surface area (Å²) in [7, 11) is -3.19. The van der Waals surface area contributed by atoms with Crippen LogP contribution in [0.2, 0.25) is 0 Å². The number of aromatic nitrogens is 2. The maximum absolute atomic E-state index is 11.7. The molecule has 0 atom stereocenters. The molecule has 29 heavy (non-hydrogen) atoms. The van der Waals surface area contributed by atoms with E-state index in [-0.39, 0.29) is 0 Å². The van der Waals surface area contributed by atoms with E-state index in [4.69, 9.17) is 9.26 Å². The molecule has 1 aliphatic heterocycles. The van der Waals surface area contributed by atoms with Gasteiger partial charge in [0.05, 0.1) is 11.5 Å². The van der Waals surface area contributed by atoms with E-state index in [9.17, 15) is 8.42 Å². The molecule has 160 valence electrons. The van der Waals surface area contributed by atoms with Crippen molar-refractivity contribution >= 4 is 15.8 Å². The number of nitrogens with zero attached hydrogens (tertiary/aromatic N) is 3. The number of hydrogen-bond acceptors (Lipinski definition) is 7. The molecule has 8 heteroatoms. The van der Waals surface area contributed by atoms with Crippen LogP contribution < -0.4 is 9.64 Å². The molecule has 0 bridgehead atoms. The summed E-state index contributed by atoms with van der Waals surface area (Å²) >= 11 is 0. The standard InChI is InChI=1S/C21H31N3O4S/c1-4-6-20-22-21(23-28-20)24-12-10-17(11-13-24)7-5-14-27-18-8-9-19(16(2)15-18)29(3,25)26/h8-9,15,17H,4-7,10-14H2,1-3H3. The lowest BCUT2D eigenvalue weighted by Gasteiger charge is -2.30. The average Bonchev–Trinajstić information content (AvgIpc) is 3.14. The van der Waals surface area contributed by atoms with Gasteiger partial charge in [0.2, 0.25) is 5.89 Å². The molecule has 0 radical (unpaired) electrons. The minimum atomic E-state index is -3.19. The maximum Gasteiger partial charge on any atom is 0.266 e. The molecule has 2 heterocycles. The highest BCUT2D eigenvalue weighted by atomic mass is 32.2. The van der Waals surface area contributed by atoms with Crippen LogP contribution in [0, 0.1) is 12.8 Å². The average molecular weight is 422 g/mol. The molecule has 1 aromatic heterocycles. The van der Waals surface area contributed by atoms with Crippen molar-refractivity contribution in [1.29, 1.82) is 0 Å². The number of rotatable bonds is 9. The van der Waals surface area contributed by atoms with E-state index in [0.29, 0.717) is 17.4 Å².